The number of piperidine rings is 1. The van der Waals surface area contributed by atoms with Crippen LogP contribution >= 0.6 is 0 Å². The Kier molecular flexibility index (Phi) is 4.32. The Morgan fingerprint density at radius 3 is 2.45 bits per heavy atom. The van der Waals surface area contributed by atoms with Gasteiger partial charge in [0.2, 0.25) is 0 Å². The van der Waals surface area contributed by atoms with Gasteiger partial charge in [0.1, 0.15) is 5.66 Å². The summed E-state index contributed by atoms with van der Waals surface area (Å²) in [7, 11) is 0. The van der Waals surface area contributed by atoms with Crippen LogP contribution in [0.25, 0.3) is 0 Å². The number of hydrogen-bond donors (Lipinski definition) is 2. The third kappa shape index (κ3) is 2.87. The van der Waals surface area contributed by atoms with Gasteiger partial charge in [0.05, 0.1) is 11.6 Å². The molecule has 5 heteroatoms. The van der Waals surface area contributed by atoms with Gasteiger partial charge in [0, 0.05) is 17.6 Å². The molecule has 1 heterocycles. The number of benzene rings is 1. The third-order valence-corrected chi connectivity index (χ3v) is 4.47. The largest absolute Gasteiger partial charge is 0.465 e. The molecule has 1 fully saturated rings. The fourth-order valence-corrected chi connectivity index (χ4v) is 3.20. The lowest BCUT2D eigenvalue weighted by Crippen LogP contribution is -2.65. The normalized spacial score (nSPS) is 22.0. The molecule has 1 aromatic carbocycles. The maximum absolute atomic E-state index is 11.8. The average Bonchev–Trinajstić information content (AvgIpc) is 2.47. The molecular formula is C17H23N3O2. The Hall–Kier alpha value is -2.22. The predicted octanol–water partition coefficient (Wildman–Crippen LogP) is 3.88. The van der Waals surface area contributed by atoms with Crippen molar-refractivity contribution in [2.45, 2.75) is 45.7 Å². The lowest BCUT2D eigenvalue weighted by atomic mass is 9.74. The van der Waals surface area contributed by atoms with Crippen LogP contribution in [-0.4, -0.2) is 28.3 Å². The van der Waals surface area contributed by atoms with E-state index in [1.807, 2.05) is 12.1 Å². The van der Waals surface area contributed by atoms with E-state index in [9.17, 15) is 9.90 Å². The van der Waals surface area contributed by atoms with Crippen LogP contribution in [0.3, 0.4) is 0 Å². The Morgan fingerprint density at radius 2 is 1.95 bits per heavy atom. The fraction of sp³-hybridized carbons (Fsp3) is 0.529. The molecule has 0 aliphatic carbocycles. The van der Waals surface area contributed by atoms with E-state index in [0.29, 0.717) is 12.1 Å². The van der Waals surface area contributed by atoms with Crippen LogP contribution in [-0.2, 0) is 0 Å². The van der Waals surface area contributed by atoms with Crippen molar-refractivity contribution in [1.82, 2.24) is 4.90 Å². The first kappa shape index (κ1) is 16.2. The molecule has 0 aromatic heterocycles. The van der Waals surface area contributed by atoms with Crippen LogP contribution in [0.5, 0.6) is 0 Å². The summed E-state index contributed by atoms with van der Waals surface area (Å²) in [4.78, 5) is 13.3. The molecule has 1 aromatic rings. The van der Waals surface area contributed by atoms with Gasteiger partial charge in [-0.25, -0.2) is 4.79 Å². The van der Waals surface area contributed by atoms with E-state index in [-0.39, 0.29) is 5.41 Å². The van der Waals surface area contributed by atoms with Crippen molar-refractivity contribution in [3.05, 3.63) is 29.8 Å². The zero-order valence-electron chi connectivity index (χ0n) is 13.4. The fourth-order valence-electron chi connectivity index (χ4n) is 3.20. The topological polar surface area (TPSA) is 76.4 Å². The Morgan fingerprint density at radius 1 is 1.32 bits per heavy atom. The lowest BCUT2D eigenvalue weighted by Gasteiger charge is -2.54. The highest BCUT2D eigenvalue weighted by Crippen LogP contribution is 2.43. The number of rotatable bonds is 2. The van der Waals surface area contributed by atoms with Crippen molar-refractivity contribution in [3.8, 4) is 6.07 Å². The van der Waals surface area contributed by atoms with Crippen molar-refractivity contribution in [1.29, 1.82) is 5.26 Å². The van der Waals surface area contributed by atoms with Crippen molar-refractivity contribution in [2.75, 3.05) is 11.9 Å². The summed E-state index contributed by atoms with van der Waals surface area (Å²) in [5, 5.41) is 22.0. The van der Waals surface area contributed by atoms with Crippen molar-refractivity contribution >= 4 is 11.8 Å². The molecule has 5 nitrogen and oxygen atoms in total. The molecule has 1 atom stereocenters. The van der Waals surface area contributed by atoms with Crippen molar-refractivity contribution < 1.29 is 9.90 Å². The van der Waals surface area contributed by atoms with Gasteiger partial charge >= 0.3 is 6.09 Å². The standard InChI is InChI=1S/C17H23N3O2/c1-16(2,3)17(10-4-5-11-20(17)15(21)22)19-14-8-6-13(12-18)7-9-14/h6-9,19H,4-5,10-11H2,1-3H3,(H,21,22). The molecule has 2 rings (SSSR count). The highest BCUT2D eigenvalue weighted by atomic mass is 16.4. The van der Waals surface area contributed by atoms with Gasteiger partial charge in [-0.15, -0.1) is 0 Å². The van der Waals surface area contributed by atoms with Gasteiger partial charge in [-0.3, -0.25) is 4.90 Å². The number of nitrogens with one attached hydrogen (secondary N) is 1. The summed E-state index contributed by atoms with van der Waals surface area (Å²) < 4.78 is 0. The van der Waals surface area contributed by atoms with Crippen molar-refractivity contribution in [2.24, 2.45) is 5.41 Å². The number of nitriles is 1. The van der Waals surface area contributed by atoms with E-state index in [1.54, 1.807) is 12.1 Å². The highest BCUT2D eigenvalue weighted by Gasteiger charge is 2.50. The smallest absolute Gasteiger partial charge is 0.409 e. The number of carbonyl (C=O) groups is 1. The molecule has 1 aliphatic heterocycles. The average molecular weight is 301 g/mol. The summed E-state index contributed by atoms with van der Waals surface area (Å²) in [5.74, 6) is 0. The number of likely N-dealkylation sites (tertiary alicyclic amines) is 1. The van der Waals surface area contributed by atoms with E-state index in [4.69, 9.17) is 5.26 Å². The summed E-state index contributed by atoms with van der Waals surface area (Å²) in [5.41, 5.74) is 0.515. The van der Waals surface area contributed by atoms with E-state index in [1.165, 1.54) is 4.90 Å². The zero-order valence-corrected chi connectivity index (χ0v) is 13.4. The molecule has 1 saturated heterocycles. The quantitative estimate of drug-likeness (QED) is 0.869. The molecular weight excluding hydrogens is 278 g/mol. The summed E-state index contributed by atoms with van der Waals surface area (Å²) >= 11 is 0. The second-order valence-electron chi connectivity index (χ2n) is 6.82. The number of carboxylic acid groups (broad SMARTS) is 1. The van der Waals surface area contributed by atoms with Crippen molar-refractivity contribution in [3.63, 3.8) is 0 Å². The van der Waals surface area contributed by atoms with E-state index in [2.05, 4.69) is 32.2 Å². The minimum absolute atomic E-state index is 0.264. The molecule has 0 bridgehead atoms. The van der Waals surface area contributed by atoms with Gasteiger partial charge in [-0.1, -0.05) is 20.8 Å². The van der Waals surface area contributed by atoms with Gasteiger partial charge in [0.15, 0.2) is 0 Å². The van der Waals surface area contributed by atoms with E-state index in [0.717, 1.165) is 24.9 Å². The van der Waals surface area contributed by atoms with E-state index < -0.39 is 11.8 Å². The first-order valence-electron chi connectivity index (χ1n) is 7.59. The maximum Gasteiger partial charge on any atom is 0.409 e. The second kappa shape index (κ2) is 5.88. The summed E-state index contributed by atoms with van der Waals surface area (Å²) in [6, 6.07) is 9.25. The number of amides is 1. The first-order chi connectivity index (χ1) is 10.3. The number of nitrogens with zero attached hydrogens (tertiary/aromatic N) is 2. The van der Waals surface area contributed by atoms with Gasteiger partial charge < -0.3 is 10.4 Å². The third-order valence-electron chi connectivity index (χ3n) is 4.47. The van der Waals surface area contributed by atoms with Gasteiger partial charge in [0.25, 0.3) is 0 Å². The Bertz CT molecular complexity index is 583. The minimum Gasteiger partial charge on any atom is -0.465 e. The highest BCUT2D eigenvalue weighted by molar-refractivity contribution is 5.68. The Labute approximate surface area is 131 Å². The molecule has 0 spiro atoms. The van der Waals surface area contributed by atoms with Crippen LogP contribution in [0.1, 0.15) is 45.6 Å². The molecule has 1 unspecified atom stereocenters. The molecule has 0 radical (unpaired) electrons. The first-order valence-corrected chi connectivity index (χ1v) is 7.59. The Balaban J connectivity index is 2.40. The van der Waals surface area contributed by atoms with Gasteiger partial charge in [-0.2, -0.15) is 5.26 Å². The molecule has 118 valence electrons. The minimum atomic E-state index is -0.893. The summed E-state index contributed by atoms with van der Waals surface area (Å²) in [6.07, 6.45) is 1.75. The molecule has 1 amide bonds. The maximum atomic E-state index is 11.8. The summed E-state index contributed by atoms with van der Waals surface area (Å²) in [6.45, 7) is 6.72. The number of anilines is 1. The lowest BCUT2D eigenvalue weighted by molar-refractivity contribution is -0.00468. The molecule has 1 aliphatic rings. The SMILES string of the molecule is CC(C)(C)C1(Nc2ccc(C#N)cc2)CCCCN1C(=O)O. The van der Waals surface area contributed by atoms with Gasteiger partial charge in [-0.05, 0) is 43.5 Å². The zero-order chi connectivity index (χ0) is 16.4. The number of hydrogen-bond acceptors (Lipinski definition) is 3. The molecule has 0 saturated carbocycles. The second-order valence-corrected chi connectivity index (χ2v) is 6.82. The monoisotopic (exact) mass is 301 g/mol. The van der Waals surface area contributed by atoms with Crippen LogP contribution in [0.4, 0.5) is 10.5 Å². The van der Waals surface area contributed by atoms with Crippen LogP contribution in [0.2, 0.25) is 0 Å². The van der Waals surface area contributed by atoms with E-state index >= 15 is 0 Å². The van der Waals surface area contributed by atoms with Crippen LogP contribution in [0.15, 0.2) is 24.3 Å². The molecule has 22 heavy (non-hydrogen) atoms. The predicted molar refractivity (Wildman–Crippen MR) is 85.5 cm³/mol. The molecule has 2 N–H and O–H groups in total. The van der Waals surface area contributed by atoms with Crippen LogP contribution < -0.4 is 5.32 Å². The van der Waals surface area contributed by atoms with Crippen LogP contribution in [0, 0.1) is 16.7 Å².